The summed E-state index contributed by atoms with van der Waals surface area (Å²) in [6, 6.07) is 14.7. The Morgan fingerprint density at radius 2 is 1.86 bits per heavy atom. The van der Waals surface area contributed by atoms with Crippen LogP contribution in [0.3, 0.4) is 0 Å². The monoisotopic (exact) mass is 286 g/mol. The first-order chi connectivity index (χ1) is 10.1. The number of benzene rings is 2. The minimum Gasteiger partial charge on any atom is -0.497 e. The molecule has 0 aliphatic carbocycles. The molecular weight excluding hydrogens is 268 g/mol. The third-order valence-corrected chi connectivity index (χ3v) is 3.10. The molecule has 0 heterocycles. The maximum absolute atomic E-state index is 11.4. The molecule has 0 fully saturated rings. The Labute approximate surface area is 123 Å². The number of methoxy groups -OCH3 is 1. The Bertz CT molecular complexity index is 622. The van der Waals surface area contributed by atoms with Crippen LogP contribution in [0.4, 0.5) is 0 Å². The second-order valence-electron chi connectivity index (χ2n) is 4.82. The molecule has 0 saturated heterocycles. The zero-order chi connectivity index (χ0) is 15.2. The maximum Gasteiger partial charge on any atom is 0.345 e. The predicted molar refractivity (Wildman–Crippen MR) is 79.9 cm³/mol. The summed E-state index contributed by atoms with van der Waals surface area (Å²) in [6.07, 6.45) is -0.618. The summed E-state index contributed by atoms with van der Waals surface area (Å²) in [5.74, 6) is 0.126. The molecule has 21 heavy (non-hydrogen) atoms. The van der Waals surface area contributed by atoms with Crippen LogP contribution in [-0.4, -0.2) is 24.3 Å². The van der Waals surface area contributed by atoms with Crippen molar-refractivity contribution in [1.82, 2.24) is 0 Å². The summed E-state index contributed by atoms with van der Waals surface area (Å²) in [5, 5.41) is 9.34. The van der Waals surface area contributed by atoms with Crippen molar-refractivity contribution in [3.8, 4) is 11.5 Å². The van der Waals surface area contributed by atoms with Gasteiger partial charge in [0.1, 0.15) is 11.5 Å². The van der Waals surface area contributed by atoms with E-state index in [1.54, 1.807) is 31.4 Å². The molecule has 2 rings (SSSR count). The second kappa shape index (κ2) is 6.79. The zero-order valence-electron chi connectivity index (χ0n) is 12.1. The minimum atomic E-state index is -0.987. The lowest BCUT2D eigenvalue weighted by Gasteiger charge is -2.16. The van der Waals surface area contributed by atoms with Gasteiger partial charge >= 0.3 is 5.97 Å². The van der Waals surface area contributed by atoms with Crippen LogP contribution in [0.15, 0.2) is 48.5 Å². The van der Waals surface area contributed by atoms with Gasteiger partial charge in [-0.05, 0) is 24.6 Å². The molecule has 0 spiro atoms. The normalized spacial score (nSPS) is 11.7. The fourth-order valence-corrected chi connectivity index (χ4v) is 2.07. The SMILES string of the molecule is COc1cccc(O[C@H](Cc2cccc(C)c2)C(=O)O)c1. The van der Waals surface area contributed by atoms with E-state index in [4.69, 9.17) is 9.47 Å². The third kappa shape index (κ3) is 4.24. The Kier molecular flexibility index (Phi) is 4.82. The number of carboxylic acids is 1. The highest BCUT2D eigenvalue weighted by Gasteiger charge is 2.20. The number of hydrogen-bond acceptors (Lipinski definition) is 3. The first kappa shape index (κ1) is 14.9. The number of hydrogen-bond donors (Lipinski definition) is 1. The van der Waals surface area contributed by atoms with E-state index in [9.17, 15) is 9.90 Å². The molecule has 2 aromatic rings. The number of aliphatic carboxylic acids is 1. The van der Waals surface area contributed by atoms with Crippen molar-refractivity contribution < 1.29 is 19.4 Å². The highest BCUT2D eigenvalue weighted by atomic mass is 16.5. The van der Waals surface area contributed by atoms with Gasteiger partial charge in [-0.25, -0.2) is 4.79 Å². The van der Waals surface area contributed by atoms with Crippen LogP contribution in [0.25, 0.3) is 0 Å². The van der Waals surface area contributed by atoms with Crippen molar-refractivity contribution in [2.24, 2.45) is 0 Å². The number of carbonyl (C=O) groups is 1. The Hall–Kier alpha value is -2.49. The van der Waals surface area contributed by atoms with Gasteiger partial charge in [0.05, 0.1) is 7.11 Å². The van der Waals surface area contributed by atoms with Gasteiger partial charge in [0, 0.05) is 12.5 Å². The molecule has 0 amide bonds. The lowest BCUT2D eigenvalue weighted by molar-refractivity contribution is -0.145. The second-order valence-corrected chi connectivity index (χ2v) is 4.82. The highest BCUT2D eigenvalue weighted by molar-refractivity contribution is 5.73. The molecule has 4 nitrogen and oxygen atoms in total. The predicted octanol–water partition coefficient (Wildman–Crippen LogP) is 3.08. The fraction of sp³-hybridized carbons (Fsp3) is 0.235. The van der Waals surface area contributed by atoms with Gasteiger partial charge in [-0.3, -0.25) is 0 Å². The van der Waals surface area contributed by atoms with Crippen molar-refractivity contribution in [1.29, 1.82) is 0 Å². The van der Waals surface area contributed by atoms with Crippen LogP contribution in [0, 0.1) is 6.92 Å². The molecule has 0 aromatic heterocycles. The fourth-order valence-electron chi connectivity index (χ4n) is 2.07. The van der Waals surface area contributed by atoms with Crippen LogP contribution in [0.1, 0.15) is 11.1 Å². The van der Waals surface area contributed by atoms with E-state index in [1.165, 1.54) is 0 Å². The lowest BCUT2D eigenvalue weighted by atomic mass is 10.1. The quantitative estimate of drug-likeness (QED) is 0.886. The summed E-state index contributed by atoms with van der Waals surface area (Å²) < 4.78 is 10.7. The molecule has 4 heteroatoms. The summed E-state index contributed by atoms with van der Waals surface area (Å²) >= 11 is 0. The Morgan fingerprint density at radius 3 is 2.52 bits per heavy atom. The molecule has 0 bridgehead atoms. The Balaban J connectivity index is 2.13. The van der Waals surface area contributed by atoms with E-state index < -0.39 is 12.1 Å². The molecule has 0 aliphatic rings. The van der Waals surface area contributed by atoms with Crippen molar-refractivity contribution in [2.45, 2.75) is 19.4 Å². The van der Waals surface area contributed by atoms with E-state index >= 15 is 0 Å². The van der Waals surface area contributed by atoms with Gasteiger partial charge in [0.25, 0.3) is 0 Å². The van der Waals surface area contributed by atoms with Crippen LogP contribution in [0.5, 0.6) is 11.5 Å². The van der Waals surface area contributed by atoms with Gasteiger partial charge < -0.3 is 14.6 Å². The van der Waals surface area contributed by atoms with E-state index in [2.05, 4.69) is 0 Å². The van der Waals surface area contributed by atoms with Gasteiger partial charge in [0.15, 0.2) is 6.10 Å². The van der Waals surface area contributed by atoms with Crippen molar-refractivity contribution >= 4 is 5.97 Å². The number of aryl methyl sites for hydroxylation is 1. The van der Waals surface area contributed by atoms with Gasteiger partial charge in [-0.1, -0.05) is 35.9 Å². The van der Waals surface area contributed by atoms with E-state index in [0.29, 0.717) is 17.9 Å². The molecule has 0 aliphatic heterocycles. The first-order valence-electron chi connectivity index (χ1n) is 6.67. The topological polar surface area (TPSA) is 55.8 Å². The van der Waals surface area contributed by atoms with Crippen molar-refractivity contribution in [3.05, 3.63) is 59.7 Å². The van der Waals surface area contributed by atoms with Crippen LogP contribution in [0.2, 0.25) is 0 Å². The summed E-state index contributed by atoms with van der Waals surface area (Å²) in [7, 11) is 1.56. The summed E-state index contributed by atoms with van der Waals surface area (Å²) in [5.41, 5.74) is 2.03. The van der Waals surface area contributed by atoms with E-state index in [1.807, 2.05) is 31.2 Å². The average Bonchev–Trinajstić information content (AvgIpc) is 2.47. The summed E-state index contributed by atoms with van der Waals surface area (Å²) in [4.78, 5) is 11.4. The lowest BCUT2D eigenvalue weighted by Crippen LogP contribution is -2.29. The average molecular weight is 286 g/mol. The smallest absolute Gasteiger partial charge is 0.345 e. The molecule has 0 unspecified atom stereocenters. The summed E-state index contributed by atoms with van der Waals surface area (Å²) in [6.45, 7) is 1.97. The molecule has 0 radical (unpaired) electrons. The molecule has 1 atom stereocenters. The number of carboxylic acid groups (broad SMARTS) is 1. The molecule has 2 aromatic carbocycles. The van der Waals surface area contributed by atoms with Crippen LogP contribution in [-0.2, 0) is 11.2 Å². The molecular formula is C17H18O4. The van der Waals surface area contributed by atoms with Crippen LogP contribution < -0.4 is 9.47 Å². The standard InChI is InChI=1S/C17H18O4/c1-12-5-3-6-13(9-12)10-16(17(18)19)21-15-8-4-7-14(11-15)20-2/h3-9,11,16H,10H2,1-2H3,(H,18,19)/t16-/m1/s1. The molecule has 1 N–H and O–H groups in total. The maximum atomic E-state index is 11.4. The Morgan fingerprint density at radius 1 is 1.14 bits per heavy atom. The molecule has 110 valence electrons. The first-order valence-corrected chi connectivity index (χ1v) is 6.67. The van der Waals surface area contributed by atoms with Gasteiger partial charge in [-0.2, -0.15) is 0 Å². The molecule has 0 saturated carbocycles. The van der Waals surface area contributed by atoms with Crippen molar-refractivity contribution in [3.63, 3.8) is 0 Å². The van der Waals surface area contributed by atoms with Crippen molar-refractivity contribution in [2.75, 3.05) is 7.11 Å². The largest absolute Gasteiger partial charge is 0.497 e. The minimum absolute atomic E-state index is 0.314. The highest BCUT2D eigenvalue weighted by Crippen LogP contribution is 2.21. The van der Waals surface area contributed by atoms with E-state index in [0.717, 1.165) is 11.1 Å². The zero-order valence-corrected chi connectivity index (χ0v) is 12.1. The number of ether oxygens (including phenoxy) is 2. The van der Waals surface area contributed by atoms with Gasteiger partial charge in [0.2, 0.25) is 0 Å². The number of rotatable bonds is 6. The van der Waals surface area contributed by atoms with E-state index in [-0.39, 0.29) is 0 Å². The van der Waals surface area contributed by atoms with Crippen LogP contribution >= 0.6 is 0 Å². The third-order valence-electron chi connectivity index (χ3n) is 3.10. The van der Waals surface area contributed by atoms with Gasteiger partial charge in [-0.15, -0.1) is 0 Å².